The van der Waals surface area contributed by atoms with Gasteiger partial charge in [-0.3, -0.25) is 14.9 Å². The van der Waals surface area contributed by atoms with Crippen molar-refractivity contribution in [3.05, 3.63) is 112 Å². The second kappa shape index (κ2) is 8.63. The van der Waals surface area contributed by atoms with Gasteiger partial charge in [-0.25, -0.2) is 12.7 Å². The number of sulfonamides is 1. The van der Waals surface area contributed by atoms with Gasteiger partial charge < -0.3 is 0 Å². The first kappa shape index (κ1) is 22.4. The SMILES string of the molecule is C=C[C@H]1c2ccccc2N(S(=O)(=O)c2ccc(C)cc2)C(=O)C[C@@H]1c1ccc([N+](=O)[O-])cc1. The highest BCUT2D eigenvalue weighted by Crippen LogP contribution is 2.45. The fraction of sp³-hybridized carbons (Fsp3) is 0.160. The average Bonchev–Trinajstić information content (AvgIpc) is 2.93. The van der Waals surface area contributed by atoms with E-state index in [-0.39, 0.29) is 28.6 Å². The van der Waals surface area contributed by atoms with Crippen LogP contribution in [0.5, 0.6) is 0 Å². The molecule has 7 nitrogen and oxygen atoms in total. The molecule has 0 unspecified atom stereocenters. The molecule has 33 heavy (non-hydrogen) atoms. The fourth-order valence-corrected chi connectivity index (χ4v) is 5.70. The highest BCUT2D eigenvalue weighted by Gasteiger charge is 2.40. The molecule has 0 spiro atoms. The predicted octanol–water partition coefficient (Wildman–Crippen LogP) is 5.08. The van der Waals surface area contributed by atoms with Crippen molar-refractivity contribution in [1.82, 2.24) is 0 Å². The lowest BCUT2D eigenvalue weighted by atomic mass is 9.80. The average molecular weight is 463 g/mol. The number of rotatable bonds is 5. The number of hydrogen-bond donors (Lipinski definition) is 0. The molecule has 3 aromatic rings. The van der Waals surface area contributed by atoms with Gasteiger partial charge in [-0.2, -0.15) is 0 Å². The number of benzene rings is 3. The number of hydrogen-bond acceptors (Lipinski definition) is 5. The van der Waals surface area contributed by atoms with Gasteiger partial charge in [-0.1, -0.05) is 54.1 Å². The molecular weight excluding hydrogens is 440 g/mol. The molecule has 0 aliphatic carbocycles. The van der Waals surface area contributed by atoms with Crippen molar-refractivity contribution in [3.63, 3.8) is 0 Å². The number of fused-ring (bicyclic) bond motifs is 1. The summed E-state index contributed by atoms with van der Waals surface area (Å²) in [6.07, 6.45) is 1.59. The molecule has 1 heterocycles. The van der Waals surface area contributed by atoms with Crippen LogP contribution in [-0.2, 0) is 14.8 Å². The summed E-state index contributed by atoms with van der Waals surface area (Å²) >= 11 is 0. The van der Waals surface area contributed by atoms with E-state index in [1.807, 2.05) is 6.92 Å². The van der Waals surface area contributed by atoms with E-state index < -0.39 is 26.8 Å². The molecule has 8 heteroatoms. The summed E-state index contributed by atoms with van der Waals surface area (Å²) in [6, 6.07) is 19.2. The lowest BCUT2D eigenvalue weighted by molar-refractivity contribution is -0.384. The largest absolute Gasteiger partial charge is 0.273 e. The maximum atomic E-state index is 13.6. The van der Waals surface area contributed by atoms with Gasteiger partial charge in [0.2, 0.25) is 5.91 Å². The van der Waals surface area contributed by atoms with Gasteiger partial charge in [0.1, 0.15) is 0 Å². The second-order valence-corrected chi connectivity index (χ2v) is 9.74. The molecule has 168 valence electrons. The number of allylic oxidation sites excluding steroid dienone is 1. The number of amides is 1. The van der Waals surface area contributed by atoms with E-state index >= 15 is 0 Å². The summed E-state index contributed by atoms with van der Waals surface area (Å²) in [5, 5.41) is 11.1. The number of nitrogens with zero attached hydrogens (tertiary/aromatic N) is 2. The highest BCUT2D eigenvalue weighted by atomic mass is 32.2. The van der Waals surface area contributed by atoms with E-state index in [1.54, 1.807) is 54.6 Å². The van der Waals surface area contributed by atoms with E-state index in [2.05, 4.69) is 6.58 Å². The Morgan fingerprint density at radius 1 is 1.03 bits per heavy atom. The van der Waals surface area contributed by atoms with Crippen LogP contribution in [0.3, 0.4) is 0 Å². The monoisotopic (exact) mass is 462 g/mol. The third-order valence-corrected chi connectivity index (χ3v) is 7.66. The number of carbonyl (C=O) groups excluding carboxylic acids is 1. The van der Waals surface area contributed by atoms with Crippen LogP contribution < -0.4 is 4.31 Å². The number of aryl methyl sites for hydroxylation is 1. The summed E-state index contributed by atoms with van der Waals surface area (Å²) in [6.45, 7) is 5.79. The fourth-order valence-electron chi connectivity index (χ4n) is 4.24. The summed E-state index contributed by atoms with van der Waals surface area (Å²) < 4.78 is 28.1. The Hall–Kier alpha value is -3.78. The number of nitro groups is 1. The Labute approximate surface area is 192 Å². The van der Waals surface area contributed by atoms with E-state index in [1.165, 1.54) is 24.3 Å². The first-order chi connectivity index (χ1) is 15.7. The topological polar surface area (TPSA) is 97.6 Å². The van der Waals surface area contributed by atoms with Gasteiger partial charge in [0.15, 0.2) is 0 Å². The Kier molecular flexibility index (Phi) is 5.86. The normalized spacial score (nSPS) is 18.3. The maximum Gasteiger partial charge on any atom is 0.270 e. The van der Waals surface area contributed by atoms with Crippen molar-refractivity contribution in [1.29, 1.82) is 0 Å². The molecular formula is C25H22N2O5S. The molecule has 1 amide bonds. The van der Waals surface area contributed by atoms with Crippen LogP contribution in [-0.4, -0.2) is 19.2 Å². The minimum Gasteiger partial charge on any atom is -0.273 e. The molecule has 0 bridgehead atoms. The molecule has 0 N–H and O–H groups in total. The molecule has 4 rings (SSSR count). The first-order valence-electron chi connectivity index (χ1n) is 10.3. The zero-order chi connectivity index (χ0) is 23.8. The molecule has 2 atom stereocenters. The van der Waals surface area contributed by atoms with Gasteiger partial charge in [-0.15, -0.1) is 6.58 Å². The van der Waals surface area contributed by atoms with E-state index in [0.29, 0.717) is 11.1 Å². The summed E-state index contributed by atoms with van der Waals surface area (Å²) in [5.41, 5.74) is 2.48. The number of non-ortho nitro benzene ring substituents is 1. The zero-order valence-corrected chi connectivity index (χ0v) is 18.7. The molecule has 0 saturated carbocycles. The molecule has 0 saturated heterocycles. The van der Waals surface area contributed by atoms with E-state index in [0.717, 1.165) is 9.87 Å². The highest BCUT2D eigenvalue weighted by molar-refractivity contribution is 7.93. The van der Waals surface area contributed by atoms with Crippen LogP contribution in [0.25, 0.3) is 0 Å². The first-order valence-corrected chi connectivity index (χ1v) is 11.8. The lowest BCUT2D eigenvalue weighted by Gasteiger charge is -2.24. The second-order valence-electron chi connectivity index (χ2n) is 7.96. The van der Waals surface area contributed by atoms with E-state index in [4.69, 9.17) is 0 Å². The van der Waals surface area contributed by atoms with Crippen molar-refractivity contribution in [3.8, 4) is 0 Å². The molecule has 3 aromatic carbocycles. The number of nitro benzene ring substituents is 1. The Morgan fingerprint density at radius 3 is 2.27 bits per heavy atom. The van der Waals surface area contributed by atoms with Gasteiger partial charge in [0, 0.05) is 30.4 Å². The van der Waals surface area contributed by atoms with E-state index in [9.17, 15) is 23.3 Å². The summed E-state index contributed by atoms with van der Waals surface area (Å²) in [7, 11) is -4.16. The molecule has 0 aromatic heterocycles. The Morgan fingerprint density at radius 2 is 1.67 bits per heavy atom. The van der Waals surface area contributed by atoms with Crippen molar-refractivity contribution < 1.29 is 18.1 Å². The van der Waals surface area contributed by atoms with Crippen LogP contribution in [0.1, 0.15) is 34.9 Å². The van der Waals surface area contributed by atoms with Crippen LogP contribution in [0.4, 0.5) is 11.4 Å². The van der Waals surface area contributed by atoms with Crippen molar-refractivity contribution in [2.45, 2.75) is 30.1 Å². The van der Waals surface area contributed by atoms with Crippen molar-refractivity contribution in [2.24, 2.45) is 0 Å². The molecule has 0 fully saturated rings. The molecule has 1 aliphatic heterocycles. The minimum absolute atomic E-state index is 0.0280. The predicted molar refractivity (Wildman–Crippen MR) is 126 cm³/mol. The van der Waals surface area contributed by atoms with Crippen LogP contribution in [0.2, 0.25) is 0 Å². The van der Waals surface area contributed by atoms with Gasteiger partial charge in [0.05, 0.1) is 15.5 Å². The van der Waals surface area contributed by atoms with Gasteiger partial charge >= 0.3 is 0 Å². The van der Waals surface area contributed by atoms with Crippen LogP contribution >= 0.6 is 0 Å². The summed E-state index contributed by atoms with van der Waals surface area (Å²) in [4.78, 5) is 24.1. The van der Waals surface area contributed by atoms with Crippen LogP contribution in [0, 0.1) is 17.0 Å². The third kappa shape index (κ3) is 4.05. The van der Waals surface area contributed by atoms with Crippen LogP contribution in [0.15, 0.2) is 90.3 Å². The van der Waals surface area contributed by atoms with Crippen molar-refractivity contribution in [2.75, 3.05) is 4.31 Å². The van der Waals surface area contributed by atoms with Gasteiger partial charge in [0.25, 0.3) is 15.7 Å². The Bertz CT molecular complexity index is 1330. The number of anilines is 1. The zero-order valence-electron chi connectivity index (χ0n) is 17.9. The smallest absolute Gasteiger partial charge is 0.270 e. The minimum atomic E-state index is -4.16. The quantitative estimate of drug-likeness (QED) is 0.299. The third-order valence-electron chi connectivity index (χ3n) is 5.91. The number of carbonyl (C=O) groups is 1. The number of para-hydroxylation sites is 1. The summed E-state index contributed by atoms with van der Waals surface area (Å²) in [5.74, 6) is -1.38. The molecule has 1 aliphatic rings. The maximum absolute atomic E-state index is 13.6. The van der Waals surface area contributed by atoms with Crippen molar-refractivity contribution >= 4 is 27.3 Å². The lowest BCUT2D eigenvalue weighted by Crippen LogP contribution is -2.37. The molecule has 0 radical (unpaired) electrons. The van der Waals surface area contributed by atoms with Gasteiger partial charge in [-0.05, 0) is 36.2 Å². The Balaban J connectivity index is 1.86. The standard InChI is InChI=1S/C25H22N2O5S/c1-3-21-22-6-4-5-7-24(22)26(33(31,32)20-14-8-17(2)9-15-20)25(28)16-23(21)18-10-12-19(13-11-18)27(29)30/h3-15,21,23H,1,16H2,2H3/t21-,23+/m0/s1.